The molecule has 18 heavy (non-hydrogen) atoms. The summed E-state index contributed by atoms with van der Waals surface area (Å²) in [5.74, 6) is 0. The van der Waals surface area contributed by atoms with Crippen molar-refractivity contribution in [2.45, 2.75) is 18.9 Å². The van der Waals surface area contributed by atoms with Gasteiger partial charge in [-0.15, -0.1) is 0 Å². The fraction of sp³-hybridized carbons (Fsp3) is 0.429. The zero-order valence-electron chi connectivity index (χ0n) is 10.6. The van der Waals surface area contributed by atoms with Gasteiger partial charge in [0.15, 0.2) is 0 Å². The van der Waals surface area contributed by atoms with E-state index in [1.54, 1.807) is 0 Å². The van der Waals surface area contributed by atoms with Crippen molar-refractivity contribution in [1.82, 2.24) is 15.1 Å². The van der Waals surface area contributed by atoms with Gasteiger partial charge < -0.3 is 10.2 Å². The number of benzene rings is 1. The molecule has 0 bridgehead atoms. The van der Waals surface area contributed by atoms with E-state index in [0.717, 1.165) is 23.1 Å². The van der Waals surface area contributed by atoms with Gasteiger partial charge in [0, 0.05) is 18.0 Å². The lowest BCUT2D eigenvalue weighted by atomic mass is 10.1. The molecular formula is C14H18N4. The third-order valence-corrected chi connectivity index (χ3v) is 3.53. The Morgan fingerprint density at radius 1 is 1.33 bits per heavy atom. The number of aromatic nitrogens is 2. The second kappa shape index (κ2) is 4.90. The van der Waals surface area contributed by atoms with Crippen molar-refractivity contribution in [3.63, 3.8) is 0 Å². The Morgan fingerprint density at radius 2 is 2.22 bits per heavy atom. The number of piperidine rings is 1. The van der Waals surface area contributed by atoms with Crippen molar-refractivity contribution in [3.05, 3.63) is 30.5 Å². The number of hydrogen-bond acceptors (Lipinski definition) is 4. The Kier molecular flexibility index (Phi) is 3.11. The molecule has 0 saturated carbocycles. The molecule has 2 aromatic rings. The highest BCUT2D eigenvalue weighted by molar-refractivity contribution is 5.90. The SMILES string of the molecule is CN1CCCC(Nc2cnnc3ccccc23)C1. The van der Waals surface area contributed by atoms with Gasteiger partial charge in [0.25, 0.3) is 0 Å². The molecule has 0 spiro atoms. The van der Waals surface area contributed by atoms with Crippen molar-refractivity contribution >= 4 is 16.6 Å². The maximum Gasteiger partial charge on any atom is 0.0950 e. The molecule has 3 rings (SSSR count). The Hall–Kier alpha value is -1.68. The lowest BCUT2D eigenvalue weighted by Crippen LogP contribution is -2.39. The maximum atomic E-state index is 4.15. The van der Waals surface area contributed by atoms with Crippen molar-refractivity contribution in [3.8, 4) is 0 Å². The first-order valence-electron chi connectivity index (χ1n) is 6.48. The standard InChI is InChI=1S/C14H18N4/c1-18-8-4-5-11(10-18)16-14-9-15-17-13-7-3-2-6-12(13)14/h2-3,6-7,9,11H,4-5,8,10H2,1H3,(H,16,17). The third kappa shape index (κ3) is 2.29. The van der Waals surface area contributed by atoms with Crippen molar-refractivity contribution < 1.29 is 0 Å². The van der Waals surface area contributed by atoms with Crippen LogP contribution in [0.1, 0.15) is 12.8 Å². The minimum absolute atomic E-state index is 0.511. The largest absolute Gasteiger partial charge is 0.379 e. The van der Waals surface area contributed by atoms with Crippen LogP contribution in [0, 0.1) is 0 Å². The van der Waals surface area contributed by atoms with E-state index in [4.69, 9.17) is 0 Å². The molecule has 4 nitrogen and oxygen atoms in total. The van der Waals surface area contributed by atoms with Gasteiger partial charge in [-0.25, -0.2) is 0 Å². The number of fused-ring (bicyclic) bond motifs is 1. The predicted octanol–water partition coefficient (Wildman–Crippen LogP) is 2.14. The van der Waals surface area contributed by atoms with E-state index in [2.05, 4.69) is 33.5 Å². The van der Waals surface area contributed by atoms with Crippen LogP contribution in [-0.2, 0) is 0 Å². The summed E-state index contributed by atoms with van der Waals surface area (Å²) < 4.78 is 0. The van der Waals surface area contributed by atoms with E-state index in [-0.39, 0.29) is 0 Å². The van der Waals surface area contributed by atoms with Crippen LogP contribution in [0.25, 0.3) is 10.9 Å². The Bertz CT molecular complexity index is 535. The van der Waals surface area contributed by atoms with Gasteiger partial charge in [-0.05, 0) is 32.5 Å². The molecule has 0 aliphatic carbocycles. The number of nitrogens with zero attached hydrogens (tertiary/aromatic N) is 3. The fourth-order valence-corrected chi connectivity index (χ4v) is 2.63. The van der Waals surface area contributed by atoms with Crippen molar-refractivity contribution in [2.75, 3.05) is 25.5 Å². The second-order valence-corrected chi connectivity index (χ2v) is 5.02. The molecule has 2 heterocycles. The van der Waals surface area contributed by atoms with Crippen LogP contribution in [0.2, 0.25) is 0 Å². The van der Waals surface area contributed by atoms with Crippen LogP contribution < -0.4 is 5.32 Å². The summed E-state index contributed by atoms with van der Waals surface area (Å²) in [4.78, 5) is 2.37. The number of hydrogen-bond donors (Lipinski definition) is 1. The Morgan fingerprint density at radius 3 is 3.11 bits per heavy atom. The summed E-state index contributed by atoms with van der Waals surface area (Å²) in [6, 6.07) is 8.65. The van der Waals surface area contributed by atoms with E-state index in [1.165, 1.54) is 19.4 Å². The van der Waals surface area contributed by atoms with Gasteiger partial charge in [0.2, 0.25) is 0 Å². The highest BCUT2D eigenvalue weighted by Gasteiger charge is 2.17. The monoisotopic (exact) mass is 242 g/mol. The first kappa shape index (κ1) is 11.4. The van der Waals surface area contributed by atoms with E-state index in [9.17, 15) is 0 Å². The van der Waals surface area contributed by atoms with E-state index < -0.39 is 0 Å². The molecule has 1 aliphatic heterocycles. The molecule has 1 saturated heterocycles. The summed E-state index contributed by atoms with van der Waals surface area (Å²) in [6.07, 6.45) is 4.31. The van der Waals surface area contributed by atoms with E-state index >= 15 is 0 Å². The molecule has 1 aliphatic rings. The zero-order valence-corrected chi connectivity index (χ0v) is 10.6. The molecular weight excluding hydrogens is 224 g/mol. The van der Waals surface area contributed by atoms with Crippen LogP contribution in [0.15, 0.2) is 30.5 Å². The average Bonchev–Trinajstić information content (AvgIpc) is 2.39. The number of rotatable bonds is 2. The highest BCUT2D eigenvalue weighted by atomic mass is 15.1. The summed E-state index contributed by atoms with van der Waals surface area (Å²) in [6.45, 7) is 2.30. The first-order chi connectivity index (χ1) is 8.83. The van der Waals surface area contributed by atoms with E-state index in [1.807, 2.05) is 24.4 Å². The number of anilines is 1. The quantitative estimate of drug-likeness (QED) is 0.876. The van der Waals surface area contributed by atoms with Gasteiger partial charge in [0.1, 0.15) is 0 Å². The second-order valence-electron chi connectivity index (χ2n) is 5.02. The van der Waals surface area contributed by atoms with Crippen LogP contribution in [-0.4, -0.2) is 41.3 Å². The van der Waals surface area contributed by atoms with Crippen LogP contribution >= 0.6 is 0 Å². The molecule has 94 valence electrons. The minimum Gasteiger partial charge on any atom is -0.379 e. The summed E-state index contributed by atoms with van der Waals surface area (Å²) in [5, 5.41) is 13.0. The minimum atomic E-state index is 0.511. The molecule has 1 atom stereocenters. The summed E-state index contributed by atoms with van der Waals surface area (Å²) >= 11 is 0. The molecule has 1 N–H and O–H groups in total. The molecule has 1 fully saturated rings. The first-order valence-corrected chi connectivity index (χ1v) is 6.48. The van der Waals surface area contributed by atoms with Crippen molar-refractivity contribution in [2.24, 2.45) is 0 Å². The lowest BCUT2D eigenvalue weighted by molar-refractivity contribution is 0.261. The highest BCUT2D eigenvalue weighted by Crippen LogP contribution is 2.22. The molecule has 0 radical (unpaired) electrons. The fourth-order valence-electron chi connectivity index (χ4n) is 2.63. The number of likely N-dealkylation sites (N-methyl/N-ethyl adjacent to an activating group) is 1. The van der Waals surface area contributed by atoms with Gasteiger partial charge in [-0.2, -0.15) is 10.2 Å². The predicted molar refractivity (Wildman–Crippen MR) is 73.7 cm³/mol. The summed E-state index contributed by atoms with van der Waals surface area (Å²) in [7, 11) is 2.18. The number of likely N-dealkylation sites (tertiary alicyclic amines) is 1. The number of nitrogens with one attached hydrogen (secondary N) is 1. The smallest absolute Gasteiger partial charge is 0.0950 e. The Labute approximate surface area is 107 Å². The van der Waals surface area contributed by atoms with Gasteiger partial charge in [-0.1, -0.05) is 18.2 Å². The topological polar surface area (TPSA) is 41.0 Å². The molecule has 0 amide bonds. The molecule has 1 aromatic heterocycles. The molecule has 1 aromatic carbocycles. The Balaban J connectivity index is 1.86. The van der Waals surface area contributed by atoms with Crippen LogP contribution in [0.4, 0.5) is 5.69 Å². The van der Waals surface area contributed by atoms with Gasteiger partial charge in [-0.3, -0.25) is 0 Å². The summed E-state index contributed by atoms with van der Waals surface area (Å²) in [5.41, 5.74) is 2.05. The van der Waals surface area contributed by atoms with Gasteiger partial charge >= 0.3 is 0 Å². The van der Waals surface area contributed by atoms with E-state index in [0.29, 0.717) is 6.04 Å². The van der Waals surface area contributed by atoms with Crippen molar-refractivity contribution in [1.29, 1.82) is 0 Å². The van der Waals surface area contributed by atoms with Crippen LogP contribution in [0.5, 0.6) is 0 Å². The van der Waals surface area contributed by atoms with Gasteiger partial charge in [0.05, 0.1) is 17.4 Å². The molecule has 4 heteroatoms. The zero-order chi connectivity index (χ0) is 12.4. The maximum absolute atomic E-state index is 4.15. The van der Waals surface area contributed by atoms with Crippen LogP contribution in [0.3, 0.4) is 0 Å². The third-order valence-electron chi connectivity index (χ3n) is 3.53. The molecule has 1 unspecified atom stereocenters. The lowest BCUT2D eigenvalue weighted by Gasteiger charge is -2.31. The average molecular weight is 242 g/mol. The normalized spacial score (nSPS) is 21.1.